The Morgan fingerprint density at radius 2 is 2.18 bits per heavy atom. The Bertz CT molecular complexity index is 510. The molecule has 0 saturated carbocycles. The van der Waals surface area contributed by atoms with Gasteiger partial charge in [0, 0.05) is 6.04 Å². The van der Waals surface area contributed by atoms with Gasteiger partial charge in [-0.15, -0.1) is 0 Å². The number of aromatic nitrogens is 2. The number of hydrogen-bond donors (Lipinski definition) is 1. The number of carboxylic acid groups (broad SMARTS) is 1. The molecule has 2 unspecified atom stereocenters. The van der Waals surface area contributed by atoms with Gasteiger partial charge in [0.25, 0.3) is 0 Å². The fourth-order valence-corrected chi connectivity index (χ4v) is 1.25. The van der Waals surface area contributed by atoms with E-state index in [1.165, 1.54) is 13.8 Å². The maximum atomic E-state index is 11.4. The molecule has 17 heavy (non-hydrogen) atoms. The van der Waals surface area contributed by atoms with Gasteiger partial charge in [-0.2, -0.15) is 4.98 Å². The fourth-order valence-electron chi connectivity index (χ4n) is 1.25. The molecule has 0 aliphatic carbocycles. The quantitative estimate of drug-likeness (QED) is 0.603. The van der Waals surface area contributed by atoms with Crippen LogP contribution in [0.3, 0.4) is 0 Å². The van der Waals surface area contributed by atoms with Crippen LogP contribution in [0.15, 0.2) is 17.2 Å². The van der Waals surface area contributed by atoms with Crippen molar-refractivity contribution in [1.29, 1.82) is 0 Å². The third-order valence-corrected chi connectivity index (χ3v) is 2.56. The Hall–Kier alpha value is -2.25. The Kier molecular flexibility index (Phi) is 3.56. The topological polar surface area (TPSA) is 115 Å². The normalized spacial score (nSPS) is 14.0. The number of nitro groups is 1. The van der Waals surface area contributed by atoms with E-state index >= 15 is 0 Å². The number of nitrogens with zero attached hydrogens (tertiary/aromatic N) is 3. The zero-order valence-electron chi connectivity index (χ0n) is 9.23. The van der Waals surface area contributed by atoms with E-state index in [1.54, 1.807) is 0 Å². The molecule has 2 atom stereocenters. The molecule has 0 fully saturated rings. The molecular weight excluding hydrogens is 230 g/mol. The van der Waals surface area contributed by atoms with Crippen molar-refractivity contribution >= 4 is 11.7 Å². The van der Waals surface area contributed by atoms with Crippen molar-refractivity contribution in [2.45, 2.75) is 19.9 Å². The summed E-state index contributed by atoms with van der Waals surface area (Å²) in [6.45, 7) is 2.91. The zero-order valence-corrected chi connectivity index (χ0v) is 9.23. The largest absolute Gasteiger partial charge is 0.481 e. The van der Waals surface area contributed by atoms with Crippen LogP contribution in [0.4, 0.5) is 5.69 Å². The Labute approximate surface area is 95.7 Å². The summed E-state index contributed by atoms with van der Waals surface area (Å²) in [6.07, 6.45) is 1.84. The molecule has 0 aromatic carbocycles. The predicted molar refractivity (Wildman–Crippen MR) is 56.7 cm³/mol. The van der Waals surface area contributed by atoms with Crippen LogP contribution >= 0.6 is 0 Å². The first-order valence-corrected chi connectivity index (χ1v) is 4.80. The highest BCUT2D eigenvalue weighted by Gasteiger charge is 2.23. The van der Waals surface area contributed by atoms with E-state index in [-0.39, 0.29) is 5.69 Å². The Balaban J connectivity index is 3.21. The van der Waals surface area contributed by atoms with Crippen LogP contribution in [0, 0.1) is 16.0 Å². The molecule has 8 heteroatoms. The fraction of sp³-hybridized carbons (Fsp3) is 0.444. The van der Waals surface area contributed by atoms with Gasteiger partial charge in [0.15, 0.2) is 0 Å². The van der Waals surface area contributed by atoms with Gasteiger partial charge in [-0.05, 0) is 13.8 Å². The van der Waals surface area contributed by atoms with Crippen molar-refractivity contribution in [3.63, 3.8) is 0 Å². The maximum Gasteiger partial charge on any atom is 0.348 e. The minimum absolute atomic E-state index is 0.353. The molecule has 1 rings (SSSR count). The lowest BCUT2D eigenvalue weighted by Gasteiger charge is -2.17. The highest BCUT2D eigenvalue weighted by molar-refractivity contribution is 5.70. The molecule has 0 spiro atoms. The second-order valence-corrected chi connectivity index (χ2v) is 3.63. The van der Waals surface area contributed by atoms with E-state index < -0.39 is 28.5 Å². The van der Waals surface area contributed by atoms with Crippen LogP contribution < -0.4 is 5.69 Å². The third kappa shape index (κ3) is 2.65. The van der Waals surface area contributed by atoms with Gasteiger partial charge in [-0.3, -0.25) is 19.5 Å². The van der Waals surface area contributed by atoms with E-state index in [9.17, 15) is 19.7 Å². The van der Waals surface area contributed by atoms with Crippen molar-refractivity contribution in [2.24, 2.45) is 5.92 Å². The monoisotopic (exact) mass is 241 g/mol. The zero-order chi connectivity index (χ0) is 13.2. The van der Waals surface area contributed by atoms with Crippen molar-refractivity contribution in [3.05, 3.63) is 33.0 Å². The SMILES string of the molecule is CC(C(=O)O)C(C)n1cc([N+](=O)[O-])cnc1=O. The number of aliphatic carboxylic acids is 1. The average molecular weight is 241 g/mol. The molecule has 8 nitrogen and oxygen atoms in total. The second kappa shape index (κ2) is 4.73. The average Bonchev–Trinajstić information content (AvgIpc) is 2.27. The van der Waals surface area contributed by atoms with Gasteiger partial charge >= 0.3 is 17.3 Å². The molecule has 0 bridgehead atoms. The first kappa shape index (κ1) is 12.8. The van der Waals surface area contributed by atoms with Crippen LogP contribution in [-0.4, -0.2) is 25.6 Å². The molecule has 1 heterocycles. The molecule has 0 amide bonds. The van der Waals surface area contributed by atoms with Crippen LogP contribution in [-0.2, 0) is 4.79 Å². The molecule has 0 saturated heterocycles. The van der Waals surface area contributed by atoms with Crippen LogP contribution in [0.5, 0.6) is 0 Å². The van der Waals surface area contributed by atoms with Crippen LogP contribution in [0.1, 0.15) is 19.9 Å². The third-order valence-electron chi connectivity index (χ3n) is 2.56. The number of carboxylic acids is 1. The number of rotatable bonds is 4. The summed E-state index contributed by atoms with van der Waals surface area (Å²) in [5.74, 6) is -1.94. The van der Waals surface area contributed by atoms with E-state index in [2.05, 4.69) is 4.98 Å². The summed E-state index contributed by atoms with van der Waals surface area (Å²) in [5.41, 5.74) is -1.06. The lowest BCUT2D eigenvalue weighted by Crippen LogP contribution is -2.31. The number of hydrogen-bond acceptors (Lipinski definition) is 5. The first-order valence-electron chi connectivity index (χ1n) is 4.80. The summed E-state index contributed by atoms with van der Waals surface area (Å²) < 4.78 is 0.955. The molecule has 92 valence electrons. The van der Waals surface area contributed by atoms with Crippen molar-refractivity contribution in [1.82, 2.24) is 9.55 Å². The standard InChI is InChI=1S/C9H11N3O5/c1-5(8(13)14)6(2)11-4-7(12(16)17)3-10-9(11)15/h3-6H,1-2H3,(H,13,14). The maximum absolute atomic E-state index is 11.4. The van der Waals surface area contributed by atoms with Gasteiger partial charge < -0.3 is 5.11 Å². The van der Waals surface area contributed by atoms with Crippen molar-refractivity contribution in [2.75, 3.05) is 0 Å². The van der Waals surface area contributed by atoms with Crippen LogP contribution in [0.2, 0.25) is 0 Å². The minimum Gasteiger partial charge on any atom is -0.481 e. The van der Waals surface area contributed by atoms with Gasteiger partial charge in [0.2, 0.25) is 0 Å². The minimum atomic E-state index is -1.09. The highest BCUT2D eigenvalue weighted by atomic mass is 16.6. The van der Waals surface area contributed by atoms with E-state index in [0.717, 1.165) is 17.0 Å². The highest BCUT2D eigenvalue weighted by Crippen LogP contribution is 2.17. The van der Waals surface area contributed by atoms with Gasteiger partial charge in [-0.25, -0.2) is 4.79 Å². The summed E-state index contributed by atoms with van der Waals surface area (Å²) >= 11 is 0. The van der Waals surface area contributed by atoms with Gasteiger partial charge in [-0.1, -0.05) is 0 Å². The summed E-state index contributed by atoms with van der Waals surface area (Å²) in [6, 6.07) is -0.715. The van der Waals surface area contributed by atoms with Gasteiger partial charge in [0.05, 0.1) is 17.0 Å². The smallest absolute Gasteiger partial charge is 0.348 e. The first-order chi connectivity index (χ1) is 7.84. The van der Waals surface area contributed by atoms with E-state index in [4.69, 9.17) is 5.11 Å². The summed E-state index contributed by atoms with van der Waals surface area (Å²) in [5, 5.41) is 19.3. The molecular formula is C9H11N3O5. The second-order valence-electron chi connectivity index (χ2n) is 3.63. The lowest BCUT2D eigenvalue weighted by atomic mass is 10.0. The molecule has 0 aliphatic rings. The number of carbonyl (C=O) groups is 1. The Morgan fingerprint density at radius 3 is 2.65 bits per heavy atom. The van der Waals surface area contributed by atoms with E-state index in [1.807, 2.05) is 0 Å². The lowest BCUT2D eigenvalue weighted by molar-refractivity contribution is -0.385. The van der Waals surface area contributed by atoms with E-state index in [0.29, 0.717) is 0 Å². The predicted octanol–water partition coefficient (Wildman–Crippen LogP) is 0.433. The van der Waals surface area contributed by atoms with Crippen LogP contribution in [0.25, 0.3) is 0 Å². The molecule has 1 N–H and O–H groups in total. The van der Waals surface area contributed by atoms with Crippen molar-refractivity contribution < 1.29 is 14.8 Å². The molecule has 0 radical (unpaired) electrons. The summed E-state index contributed by atoms with van der Waals surface area (Å²) in [4.78, 5) is 35.3. The molecule has 0 aliphatic heterocycles. The van der Waals surface area contributed by atoms with Crippen molar-refractivity contribution in [3.8, 4) is 0 Å². The van der Waals surface area contributed by atoms with Gasteiger partial charge in [0.1, 0.15) is 6.20 Å². The Morgan fingerprint density at radius 1 is 1.59 bits per heavy atom. The summed E-state index contributed by atoms with van der Waals surface area (Å²) in [7, 11) is 0. The molecule has 1 aromatic heterocycles. The molecule has 1 aromatic rings.